The van der Waals surface area contributed by atoms with E-state index < -0.39 is 38.3 Å². The molecule has 1 heterocycles. The number of para-hydroxylation sites is 1. The Kier molecular flexibility index (Phi) is 11.1. The molecule has 2 atom stereocenters. The Morgan fingerprint density at radius 1 is 0.809 bits per heavy atom. The van der Waals surface area contributed by atoms with Gasteiger partial charge in [-0.3, -0.25) is 9.69 Å². The van der Waals surface area contributed by atoms with Crippen LogP contribution in [0.15, 0.2) is 78.9 Å². The van der Waals surface area contributed by atoms with Gasteiger partial charge in [-0.25, -0.2) is 9.59 Å². The minimum Gasteiger partial charge on any atom is -0.544 e. The van der Waals surface area contributed by atoms with Crippen LogP contribution in [-0.2, 0) is 9.47 Å². The Balaban J connectivity index is 1.49. The molecule has 1 N–H and O–H groups in total. The van der Waals surface area contributed by atoms with E-state index in [0.29, 0.717) is 47.8 Å². The number of likely N-dealkylation sites (tertiary alicyclic amines) is 1. The standard InChI is InChI=1S/C37H48N2O7Si/c1-36(2,3)45-35(42)39-23-13-18-31(44-34(41)27-14-12-17-30(24-27)43-28-15-10-9-11-16-28)25-32(39)38-33(40)26-19-21-29(22-20-26)46-47(7,8)37(4,5)6/h9-12,14-17,19-22,24,31-32H,13,18,23,25H2,1-8H3,(H,38,40). The summed E-state index contributed by atoms with van der Waals surface area (Å²) in [5.74, 6) is 0.999. The molecule has 0 bridgehead atoms. The van der Waals surface area contributed by atoms with Gasteiger partial charge < -0.3 is 24.0 Å². The normalized spacial score (nSPS) is 17.2. The van der Waals surface area contributed by atoms with Crippen LogP contribution >= 0.6 is 0 Å². The number of nitrogens with one attached hydrogen (secondary N) is 1. The SMILES string of the molecule is CC(C)(C)OC(=O)N1CCCC(OC(=O)c2cccc(Oc3ccccc3)c2)CC1NC(=O)c1ccc(O[Si](C)(C)C(C)(C)C)cc1. The van der Waals surface area contributed by atoms with E-state index in [1.807, 2.05) is 30.3 Å². The lowest BCUT2D eigenvalue weighted by Gasteiger charge is -2.36. The second-order valence-electron chi connectivity index (χ2n) is 14.4. The average Bonchev–Trinajstić information content (AvgIpc) is 3.18. The van der Waals surface area contributed by atoms with Gasteiger partial charge in [0.1, 0.15) is 35.1 Å². The van der Waals surface area contributed by atoms with E-state index in [-0.39, 0.29) is 17.4 Å². The highest BCUT2D eigenvalue weighted by Gasteiger charge is 2.39. The number of esters is 1. The summed E-state index contributed by atoms with van der Waals surface area (Å²) in [6.45, 7) is 16.6. The molecule has 252 valence electrons. The first-order valence-electron chi connectivity index (χ1n) is 16.1. The van der Waals surface area contributed by atoms with Crippen molar-refractivity contribution in [1.82, 2.24) is 10.2 Å². The summed E-state index contributed by atoms with van der Waals surface area (Å²) in [4.78, 5) is 41.6. The zero-order chi connectivity index (χ0) is 34.4. The number of ether oxygens (including phenoxy) is 3. The van der Waals surface area contributed by atoms with Crippen molar-refractivity contribution in [3.63, 3.8) is 0 Å². The summed E-state index contributed by atoms with van der Waals surface area (Å²) in [5.41, 5.74) is 0.0356. The van der Waals surface area contributed by atoms with E-state index in [4.69, 9.17) is 18.6 Å². The van der Waals surface area contributed by atoms with E-state index in [1.54, 1.807) is 69.3 Å². The third-order valence-corrected chi connectivity index (χ3v) is 12.7. The molecular weight excluding hydrogens is 613 g/mol. The smallest absolute Gasteiger partial charge is 0.411 e. The lowest BCUT2D eigenvalue weighted by molar-refractivity contribution is 0.00666. The lowest BCUT2D eigenvalue weighted by atomic mass is 10.1. The number of amides is 2. The topological polar surface area (TPSA) is 103 Å². The van der Waals surface area contributed by atoms with E-state index in [0.717, 1.165) is 0 Å². The van der Waals surface area contributed by atoms with Gasteiger partial charge in [0, 0.05) is 18.5 Å². The molecule has 47 heavy (non-hydrogen) atoms. The summed E-state index contributed by atoms with van der Waals surface area (Å²) in [7, 11) is -2.05. The molecule has 0 radical (unpaired) electrons. The quantitative estimate of drug-likeness (QED) is 0.191. The maximum absolute atomic E-state index is 13.5. The number of rotatable bonds is 8. The number of hydrogen-bond donors (Lipinski definition) is 1. The first kappa shape index (κ1) is 35.5. The number of carbonyl (C=O) groups excluding carboxylic acids is 3. The van der Waals surface area contributed by atoms with Crippen molar-refractivity contribution in [3.8, 4) is 17.2 Å². The molecule has 9 nitrogen and oxygen atoms in total. The van der Waals surface area contributed by atoms with Crippen molar-refractivity contribution in [2.75, 3.05) is 6.54 Å². The summed E-state index contributed by atoms with van der Waals surface area (Å²) in [5, 5.41) is 3.04. The fourth-order valence-corrected chi connectivity index (χ4v) is 5.84. The molecule has 0 aromatic heterocycles. The number of nitrogens with zero attached hydrogens (tertiary/aromatic N) is 1. The minimum absolute atomic E-state index is 0.0341. The molecule has 10 heteroatoms. The Bertz CT molecular complexity index is 1530. The van der Waals surface area contributed by atoms with Crippen LogP contribution in [0.5, 0.6) is 17.2 Å². The summed E-state index contributed by atoms with van der Waals surface area (Å²) < 4.78 is 23.9. The van der Waals surface area contributed by atoms with Crippen LogP contribution in [0.2, 0.25) is 18.1 Å². The second-order valence-corrected chi connectivity index (χ2v) is 19.1. The molecule has 0 aliphatic carbocycles. The van der Waals surface area contributed by atoms with Crippen molar-refractivity contribution in [3.05, 3.63) is 90.0 Å². The molecule has 1 fully saturated rings. The van der Waals surface area contributed by atoms with E-state index in [2.05, 4.69) is 39.2 Å². The Morgan fingerprint density at radius 2 is 1.47 bits per heavy atom. The molecule has 1 aliphatic heterocycles. The van der Waals surface area contributed by atoms with Gasteiger partial charge in [0.05, 0.1) is 5.56 Å². The second kappa shape index (κ2) is 14.6. The Hall–Kier alpha value is -4.31. The number of benzene rings is 3. The molecule has 4 rings (SSSR count). The molecule has 0 saturated carbocycles. The molecule has 1 aliphatic rings. The average molecular weight is 661 g/mol. The Morgan fingerprint density at radius 3 is 2.11 bits per heavy atom. The minimum atomic E-state index is -2.05. The van der Waals surface area contributed by atoms with Crippen LogP contribution in [-0.4, -0.2) is 55.6 Å². The van der Waals surface area contributed by atoms with E-state index in [1.165, 1.54) is 4.90 Å². The number of carbonyl (C=O) groups is 3. The first-order chi connectivity index (χ1) is 22.0. The van der Waals surface area contributed by atoms with Crippen LogP contribution in [0.3, 0.4) is 0 Å². The van der Waals surface area contributed by atoms with Gasteiger partial charge in [-0.05, 0) is 106 Å². The third kappa shape index (κ3) is 10.1. The molecular formula is C37H48N2O7Si. The fourth-order valence-electron chi connectivity index (χ4n) is 4.81. The summed E-state index contributed by atoms with van der Waals surface area (Å²) >= 11 is 0. The predicted molar refractivity (Wildman–Crippen MR) is 184 cm³/mol. The van der Waals surface area contributed by atoms with Gasteiger partial charge in [0.2, 0.25) is 8.32 Å². The lowest BCUT2D eigenvalue weighted by Crippen LogP contribution is -2.52. The third-order valence-electron chi connectivity index (χ3n) is 8.33. The molecule has 2 amide bonds. The van der Waals surface area contributed by atoms with Crippen molar-refractivity contribution in [1.29, 1.82) is 0 Å². The van der Waals surface area contributed by atoms with Crippen LogP contribution in [0.4, 0.5) is 4.79 Å². The molecule has 3 aromatic carbocycles. The van der Waals surface area contributed by atoms with Crippen molar-refractivity contribution < 1.29 is 33.0 Å². The Labute approximate surface area is 279 Å². The zero-order valence-corrected chi connectivity index (χ0v) is 29.8. The largest absolute Gasteiger partial charge is 0.544 e. The zero-order valence-electron chi connectivity index (χ0n) is 28.8. The predicted octanol–water partition coefficient (Wildman–Crippen LogP) is 8.57. The highest BCUT2D eigenvalue weighted by molar-refractivity contribution is 6.74. The van der Waals surface area contributed by atoms with Gasteiger partial charge in [0.15, 0.2) is 0 Å². The van der Waals surface area contributed by atoms with Gasteiger partial charge in [-0.1, -0.05) is 45.0 Å². The highest BCUT2D eigenvalue weighted by Crippen LogP contribution is 2.37. The van der Waals surface area contributed by atoms with Crippen LogP contribution in [0.1, 0.15) is 81.5 Å². The van der Waals surface area contributed by atoms with E-state index in [9.17, 15) is 14.4 Å². The molecule has 1 saturated heterocycles. The maximum atomic E-state index is 13.5. The van der Waals surface area contributed by atoms with Gasteiger partial charge >= 0.3 is 12.1 Å². The number of hydrogen-bond acceptors (Lipinski definition) is 7. The highest BCUT2D eigenvalue weighted by atomic mass is 28.4. The fraction of sp³-hybridized carbons (Fsp3) is 0.432. The maximum Gasteiger partial charge on any atom is 0.411 e. The van der Waals surface area contributed by atoms with Crippen LogP contribution < -0.4 is 14.5 Å². The monoisotopic (exact) mass is 660 g/mol. The van der Waals surface area contributed by atoms with Gasteiger partial charge in [0.25, 0.3) is 5.91 Å². The summed E-state index contributed by atoms with van der Waals surface area (Å²) in [6.07, 6.45) is -0.604. The van der Waals surface area contributed by atoms with Crippen molar-refractivity contribution in [2.24, 2.45) is 0 Å². The molecule has 3 aromatic rings. The van der Waals surface area contributed by atoms with E-state index >= 15 is 0 Å². The van der Waals surface area contributed by atoms with Crippen molar-refractivity contribution in [2.45, 2.75) is 96.8 Å². The summed E-state index contributed by atoms with van der Waals surface area (Å²) in [6, 6.07) is 23.1. The van der Waals surface area contributed by atoms with Gasteiger partial charge in [-0.15, -0.1) is 0 Å². The van der Waals surface area contributed by atoms with Crippen LogP contribution in [0, 0.1) is 0 Å². The van der Waals surface area contributed by atoms with Gasteiger partial charge in [-0.2, -0.15) is 0 Å². The van der Waals surface area contributed by atoms with Crippen LogP contribution in [0.25, 0.3) is 0 Å². The first-order valence-corrected chi connectivity index (χ1v) is 19.1. The molecule has 0 spiro atoms. The van der Waals surface area contributed by atoms with Crippen molar-refractivity contribution >= 4 is 26.3 Å². The molecule has 2 unspecified atom stereocenters.